The van der Waals surface area contributed by atoms with Crippen molar-refractivity contribution >= 4 is 12.6 Å². The van der Waals surface area contributed by atoms with E-state index in [-0.39, 0.29) is 5.25 Å². The van der Waals surface area contributed by atoms with E-state index in [0.717, 1.165) is 12.8 Å². The molecule has 0 bridgehead atoms. The minimum atomic E-state index is -0.0446. The maximum Gasteiger partial charge on any atom is 0.0887 e. The van der Waals surface area contributed by atoms with E-state index in [1.165, 1.54) is 19.3 Å². The SMILES string of the molecule is CCCCCCC(S)C#N. The fourth-order valence-electron chi connectivity index (χ4n) is 0.829. The molecule has 0 heterocycles. The van der Waals surface area contributed by atoms with Gasteiger partial charge in [0, 0.05) is 0 Å². The lowest BCUT2D eigenvalue weighted by molar-refractivity contribution is 0.645. The van der Waals surface area contributed by atoms with E-state index in [9.17, 15) is 0 Å². The van der Waals surface area contributed by atoms with E-state index in [2.05, 4.69) is 25.6 Å². The van der Waals surface area contributed by atoms with Crippen molar-refractivity contribution in [3.8, 4) is 6.07 Å². The van der Waals surface area contributed by atoms with Crippen LogP contribution in [0.25, 0.3) is 0 Å². The summed E-state index contributed by atoms with van der Waals surface area (Å²) >= 11 is 4.07. The maximum absolute atomic E-state index is 8.36. The topological polar surface area (TPSA) is 23.8 Å². The fraction of sp³-hybridized carbons (Fsp3) is 0.875. The standard InChI is InChI=1S/C8H15NS/c1-2-3-4-5-6-8(10)7-9/h8,10H,2-6H2,1H3. The predicted octanol–water partition coefficient (Wildman–Crippen LogP) is 2.78. The van der Waals surface area contributed by atoms with Crippen molar-refractivity contribution in [2.75, 3.05) is 0 Å². The molecule has 0 spiro atoms. The van der Waals surface area contributed by atoms with Crippen molar-refractivity contribution in [1.29, 1.82) is 5.26 Å². The molecule has 0 aliphatic heterocycles. The summed E-state index contributed by atoms with van der Waals surface area (Å²) in [6, 6.07) is 2.11. The molecule has 0 saturated carbocycles. The number of thiol groups is 1. The van der Waals surface area contributed by atoms with Crippen LogP contribution in [-0.4, -0.2) is 5.25 Å². The lowest BCUT2D eigenvalue weighted by Crippen LogP contribution is -1.92. The number of hydrogen-bond donors (Lipinski definition) is 1. The number of unbranched alkanes of at least 4 members (excludes halogenated alkanes) is 3. The summed E-state index contributed by atoms with van der Waals surface area (Å²) in [6.45, 7) is 2.18. The van der Waals surface area contributed by atoms with Crippen LogP contribution in [-0.2, 0) is 0 Å². The van der Waals surface area contributed by atoms with Crippen LogP contribution in [0.2, 0.25) is 0 Å². The molecule has 0 aliphatic rings. The first-order chi connectivity index (χ1) is 4.81. The van der Waals surface area contributed by atoms with Crippen molar-refractivity contribution in [2.45, 2.75) is 44.3 Å². The molecule has 0 amide bonds. The van der Waals surface area contributed by atoms with Gasteiger partial charge in [-0.15, -0.1) is 0 Å². The molecule has 0 aliphatic carbocycles. The molecule has 0 aromatic carbocycles. The van der Waals surface area contributed by atoms with Gasteiger partial charge in [0.05, 0.1) is 11.3 Å². The summed E-state index contributed by atoms with van der Waals surface area (Å²) in [5.74, 6) is 0. The number of rotatable bonds is 5. The van der Waals surface area contributed by atoms with Gasteiger partial charge < -0.3 is 0 Å². The van der Waals surface area contributed by atoms with E-state index in [1.54, 1.807) is 0 Å². The molecule has 1 unspecified atom stereocenters. The van der Waals surface area contributed by atoms with Gasteiger partial charge in [0.15, 0.2) is 0 Å². The monoisotopic (exact) mass is 157 g/mol. The Labute approximate surface area is 68.8 Å². The zero-order valence-electron chi connectivity index (χ0n) is 6.51. The Balaban J connectivity index is 2.98. The van der Waals surface area contributed by atoms with Crippen LogP contribution in [0.5, 0.6) is 0 Å². The average Bonchev–Trinajstić information content (AvgIpc) is 1.98. The summed E-state index contributed by atoms with van der Waals surface area (Å²) in [7, 11) is 0. The maximum atomic E-state index is 8.36. The second kappa shape index (κ2) is 6.95. The first-order valence-electron chi connectivity index (χ1n) is 3.89. The molecular weight excluding hydrogens is 142 g/mol. The van der Waals surface area contributed by atoms with Crippen molar-refractivity contribution in [1.82, 2.24) is 0 Å². The lowest BCUT2D eigenvalue weighted by Gasteiger charge is -1.99. The fourth-order valence-corrected chi connectivity index (χ4v) is 1.01. The smallest absolute Gasteiger partial charge is 0.0887 e. The van der Waals surface area contributed by atoms with Crippen LogP contribution in [0.15, 0.2) is 0 Å². The van der Waals surface area contributed by atoms with E-state index < -0.39 is 0 Å². The summed E-state index contributed by atoms with van der Waals surface area (Å²) in [6.07, 6.45) is 5.88. The summed E-state index contributed by atoms with van der Waals surface area (Å²) in [4.78, 5) is 0. The molecule has 0 fully saturated rings. The van der Waals surface area contributed by atoms with Gasteiger partial charge in [-0.25, -0.2) is 0 Å². The molecular formula is C8H15NS. The molecule has 0 N–H and O–H groups in total. The van der Waals surface area contributed by atoms with Gasteiger partial charge >= 0.3 is 0 Å². The van der Waals surface area contributed by atoms with Crippen LogP contribution in [0.3, 0.4) is 0 Å². The summed E-state index contributed by atoms with van der Waals surface area (Å²) < 4.78 is 0. The highest BCUT2D eigenvalue weighted by atomic mass is 32.1. The van der Waals surface area contributed by atoms with Crippen LogP contribution in [0, 0.1) is 11.3 Å². The molecule has 0 rings (SSSR count). The first kappa shape index (κ1) is 9.84. The molecule has 0 saturated heterocycles. The zero-order valence-corrected chi connectivity index (χ0v) is 7.40. The molecule has 1 nitrogen and oxygen atoms in total. The Morgan fingerprint density at radius 2 is 2.10 bits per heavy atom. The second-order valence-electron chi connectivity index (χ2n) is 2.49. The van der Waals surface area contributed by atoms with Gasteiger partial charge in [0.25, 0.3) is 0 Å². The van der Waals surface area contributed by atoms with Crippen molar-refractivity contribution in [3.05, 3.63) is 0 Å². The highest BCUT2D eigenvalue weighted by molar-refractivity contribution is 7.81. The van der Waals surface area contributed by atoms with Crippen molar-refractivity contribution < 1.29 is 0 Å². The Hall–Kier alpha value is -0.160. The minimum absolute atomic E-state index is 0.0446. The highest BCUT2D eigenvalue weighted by Gasteiger charge is 1.97. The third kappa shape index (κ3) is 5.97. The Morgan fingerprint density at radius 3 is 2.60 bits per heavy atom. The van der Waals surface area contributed by atoms with Crippen LogP contribution in [0.4, 0.5) is 0 Å². The minimum Gasteiger partial charge on any atom is -0.197 e. The number of nitriles is 1. The van der Waals surface area contributed by atoms with Crippen LogP contribution < -0.4 is 0 Å². The van der Waals surface area contributed by atoms with Crippen LogP contribution in [0.1, 0.15) is 39.0 Å². The predicted molar refractivity (Wildman–Crippen MR) is 47.1 cm³/mol. The summed E-state index contributed by atoms with van der Waals surface area (Å²) in [5.41, 5.74) is 0. The van der Waals surface area contributed by atoms with E-state index in [4.69, 9.17) is 5.26 Å². The Bertz CT molecular complexity index is 106. The zero-order chi connectivity index (χ0) is 7.82. The normalized spacial score (nSPS) is 12.5. The molecule has 2 heteroatoms. The molecule has 1 atom stereocenters. The van der Waals surface area contributed by atoms with Crippen molar-refractivity contribution in [3.63, 3.8) is 0 Å². The van der Waals surface area contributed by atoms with E-state index >= 15 is 0 Å². The number of nitrogens with zero attached hydrogens (tertiary/aromatic N) is 1. The second-order valence-corrected chi connectivity index (χ2v) is 3.12. The molecule has 0 aromatic heterocycles. The van der Waals surface area contributed by atoms with Crippen LogP contribution >= 0.6 is 12.6 Å². The van der Waals surface area contributed by atoms with Gasteiger partial charge in [0.1, 0.15) is 0 Å². The molecule has 10 heavy (non-hydrogen) atoms. The summed E-state index contributed by atoms with van der Waals surface area (Å²) in [5, 5.41) is 8.32. The third-order valence-corrected chi connectivity index (χ3v) is 1.85. The van der Waals surface area contributed by atoms with Gasteiger partial charge in [-0.05, 0) is 6.42 Å². The van der Waals surface area contributed by atoms with Gasteiger partial charge in [0.2, 0.25) is 0 Å². The van der Waals surface area contributed by atoms with E-state index in [1.807, 2.05) is 0 Å². The Kier molecular flexibility index (Phi) is 6.84. The highest BCUT2D eigenvalue weighted by Crippen LogP contribution is 2.08. The Morgan fingerprint density at radius 1 is 1.40 bits per heavy atom. The van der Waals surface area contributed by atoms with Gasteiger partial charge in [-0.2, -0.15) is 17.9 Å². The average molecular weight is 157 g/mol. The molecule has 0 radical (unpaired) electrons. The number of hydrogen-bond acceptors (Lipinski definition) is 2. The quantitative estimate of drug-likeness (QED) is 0.481. The largest absolute Gasteiger partial charge is 0.197 e. The lowest BCUT2D eigenvalue weighted by atomic mass is 10.1. The molecule has 58 valence electrons. The van der Waals surface area contributed by atoms with Gasteiger partial charge in [-0.3, -0.25) is 0 Å². The first-order valence-corrected chi connectivity index (χ1v) is 4.40. The van der Waals surface area contributed by atoms with Crippen molar-refractivity contribution in [2.24, 2.45) is 0 Å². The third-order valence-electron chi connectivity index (χ3n) is 1.48. The molecule has 0 aromatic rings. The van der Waals surface area contributed by atoms with E-state index in [0.29, 0.717) is 0 Å². The van der Waals surface area contributed by atoms with Gasteiger partial charge in [-0.1, -0.05) is 32.6 Å².